The summed E-state index contributed by atoms with van der Waals surface area (Å²) in [6.07, 6.45) is 1.67. The van der Waals surface area contributed by atoms with Gasteiger partial charge in [-0.1, -0.05) is 44.2 Å². The number of nitrogens with zero attached hydrogens (tertiary/aromatic N) is 5. The highest BCUT2D eigenvalue weighted by Crippen LogP contribution is 2.15. The fourth-order valence-electron chi connectivity index (χ4n) is 2.11. The first-order valence-corrected chi connectivity index (χ1v) is 7.99. The molecule has 0 unspecified atom stereocenters. The van der Waals surface area contributed by atoms with Crippen molar-refractivity contribution < 1.29 is 4.79 Å². The van der Waals surface area contributed by atoms with E-state index in [1.54, 1.807) is 12.3 Å². The predicted molar refractivity (Wildman–Crippen MR) is 93.0 cm³/mol. The van der Waals surface area contributed by atoms with Gasteiger partial charge in [0.05, 0.1) is 0 Å². The molecule has 0 atom stereocenters. The number of carbonyl (C=O) groups excluding carboxylic acids is 1. The van der Waals surface area contributed by atoms with Gasteiger partial charge >= 0.3 is 0 Å². The van der Waals surface area contributed by atoms with Crippen LogP contribution in [0.2, 0.25) is 0 Å². The summed E-state index contributed by atoms with van der Waals surface area (Å²) >= 11 is 0. The van der Waals surface area contributed by atoms with Gasteiger partial charge < -0.3 is 5.32 Å². The highest BCUT2D eigenvalue weighted by atomic mass is 16.1. The zero-order valence-electron chi connectivity index (χ0n) is 14.0. The molecular formula is C18H18N6O. The Balaban J connectivity index is 1.69. The molecule has 1 aromatic carbocycles. The smallest absolute Gasteiger partial charge is 0.222 e. The molecule has 0 saturated heterocycles. The summed E-state index contributed by atoms with van der Waals surface area (Å²) < 4.78 is 0. The third kappa shape index (κ3) is 4.20. The SMILES string of the molecule is CC(C)C(=O)NCc1ccc(-c2nnc(-c3ccccn3)nn2)cc1. The largest absolute Gasteiger partial charge is 0.352 e. The van der Waals surface area contributed by atoms with Crippen LogP contribution in [0.4, 0.5) is 0 Å². The first-order valence-electron chi connectivity index (χ1n) is 7.99. The lowest BCUT2D eigenvalue weighted by atomic mass is 10.1. The average Bonchev–Trinajstić information content (AvgIpc) is 2.67. The van der Waals surface area contributed by atoms with Gasteiger partial charge in [0.25, 0.3) is 0 Å². The topological polar surface area (TPSA) is 93.6 Å². The zero-order valence-corrected chi connectivity index (χ0v) is 14.0. The van der Waals surface area contributed by atoms with Crippen LogP contribution < -0.4 is 5.32 Å². The maximum absolute atomic E-state index is 11.6. The summed E-state index contributed by atoms with van der Waals surface area (Å²) in [4.78, 5) is 15.8. The van der Waals surface area contributed by atoms with Crippen LogP contribution in [0.3, 0.4) is 0 Å². The molecule has 0 spiro atoms. The quantitative estimate of drug-likeness (QED) is 0.769. The summed E-state index contributed by atoms with van der Waals surface area (Å²) in [5, 5.41) is 19.3. The third-order valence-electron chi connectivity index (χ3n) is 3.58. The molecule has 7 heteroatoms. The molecule has 126 valence electrons. The highest BCUT2D eigenvalue weighted by Gasteiger charge is 2.08. The first kappa shape index (κ1) is 16.6. The van der Waals surface area contributed by atoms with Crippen LogP contribution in [-0.2, 0) is 11.3 Å². The number of hydrogen-bond donors (Lipinski definition) is 1. The lowest BCUT2D eigenvalue weighted by Gasteiger charge is -2.08. The zero-order chi connectivity index (χ0) is 17.6. The Morgan fingerprint density at radius 1 is 0.960 bits per heavy atom. The molecule has 0 aliphatic rings. The van der Waals surface area contributed by atoms with E-state index in [1.807, 2.05) is 50.2 Å². The maximum atomic E-state index is 11.6. The minimum Gasteiger partial charge on any atom is -0.352 e. The van der Waals surface area contributed by atoms with Crippen LogP contribution in [-0.4, -0.2) is 31.3 Å². The Morgan fingerprint density at radius 2 is 1.64 bits per heavy atom. The maximum Gasteiger partial charge on any atom is 0.222 e. The van der Waals surface area contributed by atoms with Crippen molar-refractivity contribution in [1.82, 2.24) is 30.7 Å². The second-order valence-electron chi connectivity index (χ2n) is 5.83. The van der Waals surface area contributed by atoms with E-state index in [0.29, 0.717) is 23.9 Å². The number of hydrogen-bond acceptors (Lipinski definition) is 6. The Labute approximate surface area is 145 Å². The van der Waals surface area contributed by atoms with E-state index in [4.69, 9.17) is 0 Å². The molecule has 0 aliphatic carbocycles. The Bertz CT molecular complexity index is 832. The molecule has 3 rings (SSSR count). The van der Waals surface area contributed by atoms with Crippen molar-refractivity contribution in [2.75, 3.05) is 0 Å². The van der Waals surface area contributed by atoms with E-state index in [0.717, 1.165) is 11.1 Å². The summed E-state index contributed by atoms with van der Waals surface area (Å²) in [5.74, 6) is 0.836. The molecular weight excluding hydrogens is 316 g/mol. The second-order valence-corrected chi connectivity index (χ2v) is 5.83. The van der Waals surface area contributed by atoms with Gasteiger partial charge in [-0.3, -0.25) is 9.78 Å². The molecule has 1 amide bonds. The van der Waals surface area contributed by atoms with Crippen LogP contribution >= 0.6 is 0 Å². The van der Waals surface area contributed by atoms with Gasteiger partial charge in [-0.2, -0.15) is 0 Å². The van der Waals surface area contributed by atoms with E-state index < -0.39 is 0 Å². The number of pyridine rings is 1. The van der Waals surface area contributed by atoms with Crippen molar-refractivity contribution in [3.63, 3.8) is 0 Å². The summed E-state index contributed by atoms with van der Waals surface area (Å²) in [7, 11) is 0. The van der Waals surface area contributed by atoms with Crippen LogP contribution in [0.15, 0.2) is 48.7 Å². The molecule has 2 aromatic heterocycles. The normalized spacial score (nSPS) is 10.7. The fourth-order valence-corrected chi connectivity index (χ4v) is 2.11. The van der Waals surface area contributed by atoms with E-state index in [9.17, 15) is 4.79 Å². The summed E-state index contributed by atoms with van der Waals surface area (Å²) in [6.45, 7) is 4.22. The van der Waals surface area contributed by atoms with Crippen LogP contribution in [0, 0.1) is 5.92 Å². The average molecular weight is 334 g/mol. The van der Waals surface area contributed by atoms with Crippen molar-refractivity contribution in [2.45, 2.75) is 20.4 Å². The van der Waals surface area contributed by atoms with Crippen molar-refractivity contribution in [3.05, 3.63) is 54.2 Å². The van der Waals surface area contributed by atoms with Gasteiger partial charge in [0, 0.05) is 24.2 Å². The molecule has 25 heavy (non-hydrogen) atoms. The van der Waals surface area contributed by atoms with Gasteiger partial charge in [-0.05, 0) is 17.7 Å². The van der Waals surface area contributed by atoms with E-state index >= 15 is 0 Å². The van der Waals surface area contributed by atoms with Crippen molar-refractivity contribution in [2.24, 2.45) is 5.92 Å². The number of rotatable bonds is 5. The second kappa shape index (κ2) is 7.57. The van der Waals surface area contributed by atoms with Crippen molar-refractivity contribution in [3.8, 4) is 22.9 Å². The van der Waals surface area contributed by atoms with Gasteiger partial charge in [-0.25, -0.2) is 0 Å². The number of benzene rings is 1. The lowest BCUT2D eigenvalue weighted by Crippen LogP contribution is -2.27. The molecule has 2 heterocycles. The minimum absolute atomic E-state index is 0.0255. The monoisotopic (exact) mass is 334 g/mol. The molecule has 1 N–H and O–H groups in total. The minimum atomic E-state index is -0.0255. The van der Waals surface area contributed by atoms with E-state index in [2.05, 4.69) is 30.7 Å². The number of aromatic nitrogens is 5. The van der Waals surface area contributed by atoms with Crippen LogP contribution in [0.5, 0.6) is 0 Å². The summed E-state index contributed by atoms with van der Waals surface area (Å²) in [5.41, 5.74) is 2.44. The van der Waals surface area contributed by atoms with Gasteiger partial charge in [0.2, 0.25) is 17.6 Å². The summed E-state index contributed by atoms with van der Waals surface area (Å²) in [6, 6.07) is 13.1. The van der Waals surface area contributed by atoms with Gasteiger partial charge in [-0.15, -0.1) is 20.4 Å². The number of nitrogens with one attached hydrogen (secondary N) is 1. The molecule has 0 bridgehead atoms. The highest BCUT2D eigenvalue weighted by molar-refractivity contribution is 5.77. The Kier molecular flexibility index (Phi) is 5.03. The van der Waals surface area contributed by atoms with Gasteiger partial charge in [0.15, 0.2) is 0 Å². The van der Waals surface area contributed by atoms with Gasteiger partial charge in [0.1, 0.15) is 5.69 Å². The van der Waals surface area contributed by atoms with E-state index in [1.165, 1.54) is 0 Å². The van der Waals surface area contributed by atoms with Crippen LogP contribution in [0.1, 0.15) is 19.4 Å². The van der Waals surface area contributed by atoms with Crippen LogP contribution in [0.25, 0.3) is 22.9 Å². The Hall–Kier alpha value is -3.22. The molecule has 3 aromatic rings. The molecule has 0 aliphatic heterocycles. The molecule has 0 radical (unpaired) electrons. The van der Waals surface area contributed by atoms with Crippen molar-refractivity contribution in [1.29, 1.82) is 0 Å². The standard InChI is InChI=1S/C18H18N6O/c1-12(2)18(25)20-11-13-6-8-14(9-7-13)16-21-23-17(24-22-16)15-5-3-4-10-19-15/h3-10,12H,11H2,1-2H3,(H,20,25). The molecule has 7 nitrogen and oxygen atoms in total. The molecule has 0 fully saturated rings. The number of amides is 1. The van der Waals surface area contributed by atoms with Crippen molar-refractivity contribution >= 4 is 5.91 Å². The Morgan fingerprint density at radius 3 is 2.24 bits per heavy atom. The predicted octanol–water partition coefficient (Wildman–Crippen LogP) is 2.27. The first-order chi connectivity index (χ1) is 12.1. The lowest BCUT2D eigenvalue weighted by molar-refractivity contribution is -0.124. The molecule has 0 saturated carbocycles. The number of carbonyl (C=O) groups is 1. The fraction of sp³-hybridized carbons (Fsp3) is 0.222. The van der Waals surface area contributed by atoms with E-state index in [-0.39, 0.29) is 11.8 Å². The third-order valence-corrected chi connectivity index (χ3v) is 3.58.